The smallest absolute Gasteiger partial charge is 0.275 e. The number of rotatable bonds is 5. The van der Waals surface area contributed by atoms with E-state index >= 15 is 0 Å². The maximum Gasteiger partial charge on any atom is 0.275 e. The van der Waals surface area contributed by atoms with Crippen LogP contribution in [0.3, 0.4) is 0 Å². The molecule has 1 atom stereocenters. The van der Waals surface area contributed by atoms with E-state index in [4.69, 9.17) is 4.42 Å². The molecule has 1 N–H and O–H groups in total. The van der Waals surface area contributed by atoms with E-state index in [1.807, 2.05) is 0 Å². The summed E-state index contributed by atoms with van der Waals surface area (Å²) >= 11 is 0. The molecule has 1 aromatic heterocycles. The van der Waals surface area contributed by atoms with E-state index < -0.39 is 10.0 Å². The molecule has 0 unspecified atom stereocenters. The van der Waals surface area contributed by atoms with E-state index in [0.29, 0.717) is 12.3 Å². The summed E-state index contributed by atoms with van der Waals surface area (Å²) in [4.78, 5) is 2.12. The second kappa shape index (κ2) is 5.62. The zero-order chi connectivity index (χ0) is 14.0. The lowest BCUT2D eigenvalue weighted by molar-refractivity contribution is 0.144. The van der Waals surface area contributed by atoms with Gasteiger partial charge in [-0.2, -0.15) is 0 Å². The molecule has 0 radical (unpaired) electrons. The Morgan fingerprint density at radius 2 is 2.21 bits per heavy atom. The van der Waals surface area contributed by atoms with Gasteiger partial charge in [0.15, 0.2) is 0 Å². The molecule has 108 valence electrons. The molecule has 1 fully saturated rings. The van der Waals surface area contributed by atoms with Gasteiger partial charge in [0.2, 0.25) is 5.09 Å². The van der Waals surface area contributed by atoms with E-state index in [1.54, 1.807) is 6.07 Å². The summed E-state index contributed by atoms with van der Waals surface area (Å²) in [6.45, 7) is 1.57. The molecule has 1 aromatic rings. The lowest BCUT2D eigenvalue weighted by atomic mass is 10.2. The van der Waals surface area contributed by atoms with Crippen LogP contribution in [0.15, 0.2) is 21.6 Å². The van der Waals surface area contributed by atoms with Gasteiger partial charge in [-0.15, -0.1) is 0 Å². The normalized spacial score (nSPS) is 21.4. The molecule has 7 heteroatoms. The first kappa shape index (κ1) is 14.5. The van der Waals surface area contributed by atoms with E-state index in [-0.39, 0.29) is 17.7 Å². The van der Waals surface area contributed by atoms with Crippen LogP contribution in [-0.4, -0.2) is 56.0 Å². The van der Waals surface area contributed by atoms with Crippen molar-refractivity contribution in [3.05, 3.63) is 17.9 Å². The zero-order valence-corrected chi connectivity index (χ0v) is 12.1. The van der Waals surface area contributed by atoms with Crippen molar-refractivity contribution in [2.45, 2.75) is 30.5 Å². The van der Waals surface area contributed by atoms with Gasteiger partial charge in [0.25, 0.3) is 10.0 Å². The number of hydrogen-bond donors (Lipinski definition) is 1. The van der Waals surface area contributed by atoms with Gasteiger partial charge < -0.3 is 9.52 Å². The minimum Gasteiger partial charge on any atom is -0.447 e. The summed E-state index contributed by atoms with van der Waals surface area (Å²) in [5.41, 5.74) is 0. The van der Waals surface area contributed by atoms with Crippen LogP contribution >= 0.6 is 0 Å². The van der Waals surface area contributed by atoms with Crippen LogP contribution in [0.25, 0.3) is 0 Å². The summed E-state index contributed by atoms with van der Waals surface area (Å²) in [7, 11) is -0.566. The van der Waals surface area contributed by atoms with Crippen LogP contribution in [-0.2, 0) is 16.6 Å². The highest BCUT2D eigenvalue weighted by atomic mass is 32.2. The summed E-state index contributed by atoms with van der Waals surface area (Å²) in [6.07, 6.45) is 2.02. The monoisotopic (exact) mass is 288 g/mol. The Balaban J connectivity index is 2.10. The Bertz CT molecular complexity index is 524. The number of sulfonamides is 1. The summed E-state index contributed by atoms with van der Waals surface area (Å²) < 4.78 is 30.3. The van der Waals surface area contributed by atoms with Crippen LogP contribution in [0.5, 0.6) is 0 Å². The number of hydrogen-bond acceptors (Lipinski definition) is 5. The Hall–Kier alpha value is -0.890. The fraction of sp³-hybridized carbons (Fsp3) is 0.667. The van der Waals surface area contributed by atoms with Gasteiger partial charge in [0.1, 0.15) is 5.76 Å². The SMILES string of the molecule is CN(C)S(=O)(=O)c1ccc(CN2CCC[C@@H]2CO)o1. The predicted octanol–water partition coefficient (Wildman–Crippen LogP) is 0.487. The largest absolute Gasteiger partial charge is 0.447 e. The first-order valence-corrected chi connectivity index (χ1v) is 7.75. The Labute approximate surface area is 113 Å². The average molecular weight is 288 g/mol. The van der Waals surface area contributed by atoms with Gasteiger partial charge in [0.05, 0.1) is 13.2 Å². The van der Waals surface area contributed by atoms with E-state index in [2.05, 4.69) is 4.90 Å². The molecular formula is C12H20N2O4S. The minimum atomic E-state index is -3.51. The van der Waals surface area contributed by atoms with Crippen molar-refractivity contribution in [2.75, 3.05) is 27.2 Å². The second-order valence-corrected chi connectivity index (χ2v) is 7.04. The van der Waals surface area contributed by atoms with Crippen molar-refractivity contribution in [2.24, 2.45) is 0 Å². The highest BCUT2D eigenvalue weighted by molar-refractivity contribution is 7.88. The van der Waals surface area contributed by atoms with Gasteiger partial charge >= 0.3 is 0 Å². The second-order valence-electron chi connectivity index (χ2n) is 4.96. The molecule has 0 amide bonds. The molecule has 0 spiro atoms. The molecule has 0 saturated carbocycles. The molecule has 19 heavy (non-hydrogen) atoms. The van der Waals surface area contributed by atoms with Crippen molar-refractivity contribution in [1.29, 1.82) is 0 Å². The molecular weight excluding hydrogens is 268 g/mol. The maximum atomic E-state index is 11.9. The van der Waals surface area contributed by atoms with Crippen LogP contribution in [0.2, 0.25) is 0 Å². The van der Waals surface area contributed by atoms with Gasteiger partial charge in [-0.05, 0) is 31.5 Å². The van der Waals surface area contributed by atoms with Crippen LogP contribution < -0.4 is 0 Å². The van der Waals surface area contributed by atoms with E-state index in [9.17, 15) is 13.5 Å². The van der Waals surface area contributed by atoms with Gasteiger partial charge in [-0.1, -0.05) is 0 Å². The minimum absolute atomic E-state index is 0.0350. The molecule has 1 aliphatic rings. The van der Waals surface area contributed by atoms with Crippen LogP contribution in [0.4, 0.5) is 0 Å². The molecule has 0 aliphatic carbocycles. The third kappa shape index (κ3) is 3.00. The summed E-state index contributed by atoms with van der Waals surface area (Å²) in [6, 6.07) is 3.32. The molecule has 2 rings (SSSR count). The first-order chi connectivity index (χ1) is 8.95. The summed E-state index contributed by atoms with van der Waals surface area (Å²) in [5.74, 6) is 0.612. The zero-order valence-electron chi connectivity index (χ0n) is 11.2. The van der Waals surface area contributed by atoms with Gasteiger partial charge in [-0.3, -0.25) is 4.90 Å². The first-order valence-electron chi connectivity index (χ1n) is 6.31. The van der Waals surface area contributed by atoms with Gasteiger partial charge in [-0.25, -0.2) is 12.7 Å². The van der Waals surface area contributed by atoms with Crippen molar-refractivity contribution < 1.29 is 17.9 Å². The van der Waals surface area contributed by atoms with Crippen molar-refractivity contribution in [3.63, 3.8) is 0 Å². The molecule has 1 saturated heterocycles. The maximum absolute atomic E-state index is 11.9. The highest BCUT2D eigenvalue weighted by Crippen LogP contribution is 2.22. The van der Waals surface area contributed by atoms with Crippen molar-refractivity contribution >= 4 is 10.0 Å². The fourth-order valence-electron chi connectivity index (χ4n) is 2.27. The van der Waals surface area contributed by atoms with E-state index in [1.165, 1.54) is 20.2 Å². The Morgan fingerprint density at radius 1 is 1.47 bits per heavy atom. The fourth-order valence-corrected chi connectivity index (χ4v) is 3.08. The van der Waals surface area contributed by atoms with Gasteiger partial charge in [0, 0.05) is 20.1 Å². The lowest BCUT2D eigenvalue weighted by Gasteiger charge is -2.21. The van der Waals surface area contributed by atoms with Crippen molar-refractivity contribution in [3.8, 4) is 0 Å². The topological polar surface area (TPSA) is 74.0 Å². The molecule has 0 bridgehead atoms. The number of furan rings is 1. The number of likely N-dealkylation sites (tertiary alicyclic amines) is 1. The number of aliphatic hydroxyl groups is 1. The standard InChI is InChI=1S/C12H20N2O4S/c1-13(2)19(16,17)12-6-5-11(18-12)8-14-7-3-4-10(14)9-15/h5-6,10,15H,3-4,7-9H2,1-2H3/t10-/m1/s1. The van der Waals surface area contributed by atoms with Crippen LogP contribution in [0, 0.1) is 0 Å². The predicted molar refractivity (Wildman–Crippen MR) is 70.1 cm³/mol. The summed E-state index contributed by atoms with van der Waals surface area (Å²) in [5, 5.41) is 9.21. The molecule has 0 aromatic carbocycles. The quantitative estimate of drug-likeness (QED) is 0.853. The van der Waals surface area contributed by atoms with E-state index in [0.717, 1.165) is 23.7 Å². The highest BCUT2D eigenvalue weighted by Gasteiger charge is 2.26. The Kier molecular flexibility index (Phi) is 4.29. The molecule has 2 heterocycles. The van der Waals surface area contributed by atoms with Crippen molar-refractivity contribution in [1.82, 2.24) is 9.21 Å². The molecule has 6 nitrogen and oxygen atoms in total. The third-order valence-corrected chi connectivity index (χ3v) is 5.13. The third-order valence-electron chi connectivity index (χ3n) is 3.44. The lowest BCUT2D eigenvalue weighted by Crippen LogP contribution is -2.31. The molecule has 1 aliphatic heterocycles. The van der Waals surface area contributed by atoms with Crippen LogP contribution in [0.1, 0.15) is 18.6 Å². The number of nitrogens with zero attached hydrogens (tertiary/aromatic N) is 2. The number of aliphatic hydroxyl groups excluding tert-OH is 1. The Morgan fingerprint density at radius 3 is 2.84 bits per heavy atom. The average Bonchev–Trinajstić information content (AvgIpc) is 2.98.